The van der Waals surface area contributed by atoms with E-state index >= 15 is 0 Å². The van der Waals surface area contributed by atoms with Gasteiger partial charge in [-0.05, 0) is 24.6 Å². The Bertz CT molecular complexity index is 353. The largest absolute Gasteiger partial charge is 0.358 e. The maximum atomic E-state index is 11.4. The summed E-state index contributed by atoms with van der Waals surface area (Å²) in [5.74, 6) is 0.0281. The molecule has 1 heterocycles. The van der Waals surface area contributed by atoms with Crippen molar-refractivity contribution in [1.29, 1.82) is 0 Å². The molecule has 0 saturated carbocycles. The fourth-order valence-corrected chi connectivity index (χ4v) is 1.68. The van der Waals surface area contributed by atoms with E-state index in [0.29, 0.717) is 18.2 Å². The van der Waals surface area contributed by atoms with Crippen LogP contribution in [0.1, 0.15) is 18.9 Å². The lowest BCUT2D eigenvalue weighted by molar-refractivity contribution is -0.121. The van der Waals surface area contributed by atoms with Gasteiger partial charge in [0.15, 0.2) is 0 Å². The minimum atomic E-state index is 0.0281. The van der Waals surface area contributed by atoms with Crippen molar-refractivity contribution in [3.8, 4) is 0 Å². The fourth-order valence-electron chi connectivity index (χ4n) is 1.57. The summed E-state index contributed by atoms with van der Waals surface area (Å²) in [7, 11) is 1.65. The van der Waals surface area contributed by atoms with Crippen LogP contribution >= 0.6 is 11.6 Å². The number of likely N-dealkylation sites (N-methyl/N-ethyl adjacent to an activating group) is 1. The van der Waals surface area contributed by atoms with Crippen LogP contribution in [0.3, 0.4) is 0 Å². The van der Waals surface area contributed by atoms with E-state index in [0.717, 1.165) is 18.5 Å². The molecule has 0 aromatic carbocycles. The second kappa shape index (κ2) is 7.25. The number of carbonyl (C=O) groups excluding carboxylic acids is 1. The topological polar surface area (TPSA) is 45.2 Å². The standard InChI is InChI=1S/C12H18ClN3O/c1-3-6-16(9-12(17)14-2)8-10-4-5-11(13)15-7-10/h4-5,7H,3,6,8-9H2,1-2H3,(H,14,17). The van der Waals surface area contributed by atoms with Crippen LogP contribution in [-0.4, -0.2) is 35.9 Å². The highest BCUT2D eigenvalue weighted by atomic mass is 35.5. The first-order chi connectivity index (χ1) is 8.15. The van der Waals surface area contributed by atoms with Gasteiger partial charge in [0, 0.05) is 19.8 Å². The molecule has 4 nitrogen and oxygen atoms in total. The quantitative estimate of drug-likeness (QED) is 0.787. The van der Waals surface area contributed by atoms with E-state index in [1.54, 1.807) is 19.3 Å². The van der Waals surface area contributed by atoms with Crippen molar-refractivity contribution in [2.24, 2.45) is 0 Å². The Balaban J connectivity index is 2.59. The minimum Gasteiger partial charge on any atom is -0.358 e. The van der Waals surface area contributed by atoms with Gasteiger partial charge in [-0.15, -0.1) is 0 Å². The second-order valence-corrected chi connectivity index (χ2v) is 4.26. The van der Waals surface area contributed by atoms with Crippen LogP contribution < -0.4 is 5.32 Å². The molecule has 0 aliphatic carbocycles. The fraction of sp³-hybridized carbons (Fsp3) is 0.500. The lowest BCUT2D eigenvalue weighted by atomic mass is 10.2. The minimum absolute atomic E-state index is 0.0281. The summed E-state index contributed by atoms with van der Waals surface area (Å²) >= 11 is 5.73. The number of nitrogens with zero attached hydrogens (tertiary/aromatic N) is 2. The normalized spacial score (nSPS) is 10.6. The number of hydrogen-bond acceptors (Lipinski definition) is 3. The first-order valence-electron chi connectivity index (χ1n) is 5.69. The third kappa shape index (κ3) is 5.15. The highest BCUT2D eigenvalue weighted by molar-refractivity contribution is 6.29. The predicted molar refractivity (Wildman–Crippen MR) is 68.9 cm³/mol. The Morgan fingerprint density at radius 1 is 1.53 bits per heavy atom. The molecule has 17 heavy (non-hydrogen) atoms. The van der Waals surface area contributed by atoms with Gasteiger partial charge in [0.1, 0.15) is 5.15 Å². The zero-order valence-electron chi connectivity index (χ0n) is 10.2. The van der Waals surface area contributed by atoms with Crippen molar-refractivity contribution in [3.05, 3.63) is 29.0 Å². The summed E-state index contributed by atoms with van der Waals surface area (Å²) in [6.07, 6.45) is 2.76. The molecule has 0 bridgehead atoms. The number of carbonyl (C=O) groups is 1. The van der Waals surface area contributed by atoms with E-state index in [9.17, 15) is 4.79 Å². The van der Waals surface area contributed by atoms with Gasteiger partial charge in [-0.1, -0.05) is 24.6 Å². The van der Waals surface area contributed by atoms with Crippen LogP contribution in [0.2, 0.25) is 5.15 Å². The smallest absolute Gasteiger partial charge is 0.233 e. The molecule has 0 unspecified atom stereocenters. The van der Waals surface area contributed by atoms with E-state index in [2.05, 4.69) is 22.1 Å². The van der Waals surface area contributed by atoms with E-state index in [1.165, 1.54) is 0 Å². The zero-order valence-corrected chi connectivity index (χ0v) is 11.0. The predicted octanol–water partition coefficient (Wildman–Crippen LogP) is 1.69. The van der Waals surface area contributed by atoms with Crippen molar-refractivity contribution >= 4 is 17.5 Å². The SMILES string of the molecule is CCCN(CC(=O)NC)Cc1ccc(Cl)nc1. The average molecular weight is 256 g/mol. The number of aromatic nitrogens is 1. The van der Waals surface area contributed by atoms with Gasteiger partial charge in [0.25, 0.3) is 0 Å². The summed E-state index contributed by atoms with van der Waals surface area (Å²) in [6, 6.07) is 3.70. The van der Waals surface area contributed by atoms with Crippen molar-refractivity contribution < 1.29 is 4.79 Å². The molecule has 0 radical (unpaired) electrons. The maximum absolute atomic E-state index is 11.4. The maximum Gasteiger partial charge on any atom is 0.233 e. The van der Waals surface area contributed by atoms with Gasteiger partial charge in [-0.25, -0.2) is 4.98 Å². The first-order valence-corrected chi connectivity index (χ1v) is 6.07. The molecule has 5 heteroatoms. The van der Waals surface area contributed by atoms with E-state index in [1.807, 2.05) is 6.07 Å². The second-order valence-electron chi connectivity index (χ2n) is 3.87. The molecule has 1 rings (SSSR count). The molecule has 1 aromatic rings. The van der Waals surface area contributed by atoms with Crippen molar-refractivity contribution in [3.63, 3.8) is 0 Å². The molecule has 1 amide bonds. The number of pyridine rings is 1. The van der Waals surface area contributed by atoms with Gasteiger partial charge in [-0.2, -0.15) is 0 Å². The lowest BCUT2D eigenvalue weighted by Crippen LogP contribution is -2.35. The molecule has 1 aromatic heterocycles. The number of halogens is 1. The first kappa shape index (κ1) is 13.9. The molecule has 0 saturated heterocycles. The molecule has 0 aliphatic rings. The average Bonchev–Trinajstić information content (AvgIpc) is 2.32. The molecule has 1 N–H and O–H groups in total. The number of amides is 1. The van der Waals surface area contributed by atoms with E-state index in [4.69, 9.17) is 11.6 Å². The van der Waals surface area contributed by atoms with Crippen molar-refractivity contribution in [2.75, 3.05) is 20.1 Å². The van der Waals surface area contributed by atoms with E-state index in [-0.39, 0.29) is 5.91 Å². The molecule has 94 valence electrons. The summed E-state index contributed by atoms with van der Waals surface area (Å²) in [6.45, 7) is 4.10. The van der Waals surface area contributed by atoms with Gasteiger partial charge in [-0.3, -0.25) is 9.69 Å². The molecule has 0 fully saturated rings. The molecular formula is C12H18ClN3O. The van der Waals surface area contributed by atoms with Crippen LogP contribution in [0.15, 0.2) is 18.3 Å². The van der Waals surface area contributed by atoms with Gasteiger partial charge in [0.2, 0.25) is 5.91 Å². The van der Waals surface area contributed by atoms with Crippen LogP contribution in [0.4, 0.5) is 0 Å². The van der Waals surface area contributed by atoms with Crippen LogP contribution in [-0.2, 0) is 11.3 Å². The Kier molecular flexibility index (Phi) is 5.94. The van der Waals surface area contributed by atoms with Crippen molar-refractivity contribution in [1.82, 2.24) is 15.2 Å². The van der Waals surface area contributed by atoms with Crippen LogP contribution in [0, 0.1) is 0 Å². The van der Waals surface area contributed by atoms with E-state index < -0.39 is 0 Å². The Morgan fingerprint density at radius 2 is 2.29 bits per heavy atom. The number of hydrogen-bond donors (Lipinski definition) is 1. The van der Waals surface area contributed by atoms with Crippen LogP contribution in [0.5, 0.6) is 0 Å². The highest BCUT2D eigenvalue weighted by Gasteiger charge is 2.09. The zero-order chi connectivity index (χ0) is 12.7. The summed E-state index contributed by atoms with van der Waals surface area (Å²) in [5.41, 5.74) is 1.06. The molecular weight excluding hydrogens is 238 g/mol. The van der Waals surface area contributed by atoms with Crippen molar-refractivity contribution in [2.45, 2.75) is 19.9 Å². The van der Waals surface area contributed by atoms with Gasteiger partial charge in [0.05, 0.1) is 6.54 Å². The Labute approximate surface area is 107 Å². The molecule has 0 atom stereocenters. The summed E-state index contributed by atoms with van der Waals surface area (Å²) in [5, 5.41) is 3.12. The molecule has 0 aliphatic heterocycles. The number of rotatable bonds is 6. The Hall–Kier alpha value is -1.13. The third-order valence-corrected chi connectivity index (χ3v) is 2.60. The third-order valence-electron chi connectivity index (χ3n) is 2.38. The summed E-state index contributed by atoms with van der Waals surface area (Å²) in [4.78, 5) is 17.5. The van der Waals surface area contributed by atoms with Gasteiger partial charge >= 0.3 is 0 Å². The molecule has 0 spiro atoms. The summed E-state index contributed by atoms with van der Waals surface area (Å²) < 4.78 is 0. The monoisotopic (exact) mass is 255 g/mol. The van der Waals surface area contributed by atoms with Crippen LogP contribution in [0.25, 0.3) is 0 Å². The Morgan fingerprint density at radius 3 is 2.82 bits per heavy atom. The van der Waals surface area contributed by atoms with Gasteiger partial charge < -0.3 is 5.32 Å². The number of nitrogens with one attached hydrogen (secondary N) is 1. The highest BCUT2D eigenvalue weighted by Crippen LogP contribution is 2.08. The lowest BCUT2D eigenvalue weighted by Gasteiger charge is -2.20.